The summed E-state index contributed by atoms with van der Waals surface area (Å²) in [5, 5.41) is 12.3. The van der Waals surface area contributed by atoms with Crippen molar-refractivity contribution in [1.82, 2.24) is 0 Å². The van der Waals surface area contributed by atoms with Crippen LogP contribution in [0, 0.1) is 5.92 Å². The van der Waals surface area contributed by atoms with E-state index in [-0.39, 0.29) is 12.3 Å². The van der Waals surface area contributed by atoms with Gasteiger partial charge in [-0.1, -0.05) is 18.5 Å². The molecule has 0 heterocycles. The number of carboxylic acids is 1. The number of nitrogens with one attached hydrogen (secondary N) is 1. The van der Waals surface area contributed by atoms with Crippen LogP contribution >= 0.6 is 11.6 Å². The molecule has 17 heavy (non-hydrogen) atoms. The van der Waals surface area contributed by atoms with Gasteiger partial charge in [0.2, 0.25) is 0 Å². The Morgan fingerprint density at radius 2 is 2.29 bits per heavy atom. The van der Waals surface area contributed by atoms with E-state index >= 15 is 0 Å². The van der Waals surface area contributed by atoms with Gasteiger partial charge >= 0.3 is 5.97 Å². The zero-order valence-corrected chi connectivity index (χ0v) is 10.6. The predicted molar refractivity (Wildman–Crippen MR) is 67.9 cm³/mol. The van der Waals surface area contributed by atoms with E-state index in [1.54, 1.807) is 19.2 Å². The van der Waals surface area contributed by atoms with Gasteiger partial charge in [0.15, 0.2) is 0 Å². The third kappa shape index (κ3) is 4.53. The Hall–Kier alpha value is -1.42. The second-order valence-electron chi connectivity index (χ2n) is 3.93. The minimum absolute atomic E-state index is 0.0469. The van der Waals surface area contributed by atoms with E-state index in [9.17, 15) is 4.79 Å². The highest BCUT2D eigenvalue weighted by molar-refractivity contribution is 6.33. The highest BCUT2D eigenvalue weighted by Gasteiger charge is 2.08. The smallest absolute Gasteiger partial charge is 0.303 e. The highest BCUT2D eigenvalue weighted by Crippen LogP contribution is 2.26. The summed E-state index contributed by atoms with van der Waals surface area (Å²) in [6.07, 6.45) is 0.140. The van der Waals surface area contributed by atoms with Crippen molar-refractivity contribution >= 4 is 23.3 Å². The van der Waals surface area contributed by atoms with E-state index in [1.165, 1.54) is 0 Å². The van der Waals surface area contributed by atoms with Gasteiger partial charge in [-0.05, 0) is 18.1 Å². The van der Waals surface area contributed by atoms with Crippen LogP contribution in [0.5, 0.6) is 5.75 Å². The number of benzene rings is 1. The lowest BCUT2D eigenvalue weighted by Crippen LogP contribution is -2.15. The van der Waals surface area contributed by atoms with Crippen LogP contribution in [0.3, 0.4) is 0 Å². The molecule has 1 unspecified atom stereocenters. The zero-order chi connectivity index (χ0) is 12.8. The van der Waals surface area contributed by atoms with Crippen LogP contribution in [0.1, 0.15) is 13.3 Å². The zero-order valence-electron chi connectivity index (χ0n) is 9.87. The van der Waals surface area contributed by atoms with Crippen molar-refractivity contribution in [2.45, 2.75) is 13.3 Å². The first-order valence-corrected chi connectivity index (χ1v) is 5.70. The van der Waals surface area contributed by atoms with Gasteiger partial charge in [-0.25, -0.2) is 0 Å². The second-order valence-corrected chi connectivity index (χ2v) is 4.34. The van der Waals surface area contributed by atoms with Crippen molar-refractivity contribution < 1.29 is 14.6 Å². The van der Waals surface area contributed by atoms with Crippen LogP contribution in [-0.4, -0.2) is 24.7 Å². The number of halogens is 1. The lowest BCUT2D eigenvalue weighted by molar-refractivity contribution is -0.137. The lowest BCUT2D eigenvalue weighted by atomic mass is 10.1. The van der Waals surface area contributed by atoms with Gasteiger partial charge in [0, 0.05) is 19.0 Å². The number of anilines is 1. The fourth-order valence-corrected chi connectivity index (χ4v) is 1.66. The molecule has 1 aromatic carbocycles. The number of rotatable bonds is 6. The maximum absolute atomic E-state index is 10.5. The molecular weight excluding hydrogens is 242 g/mol. The number of hydrogen-bond acceptors (Lipinski definition) is 3. The van der Waals surface area contributed by atoms with Crippen LogP contribution in [0.2, 0.25) is 5.02 Å². The topological polar surface area (TPSA) is 58.6 Å². The SMILES string of the molecule is COc1ccc(NCC(C)CC(=O)O)c(Cl)c1. The van der Waals surface area contributed by atoms with E-state index in [4.69, 9.17) is 21.4 Å². The molecule has 5 heteroatoms. The molecule has 0 saturated heterocycles. The standard InChI is InChI=1S/C12H16ClNO3/c1-8(5-12(15)16)7-14-11-4-3-9(17-2)6-10(11)13/h3-4,6,8,14H,5,7H2,1-2H3,(H,15,16). The molecule has 1 atom stereocenters. The minimum atomic E-state index is -0.792. The van der Waals surface area contributed by atoms with Crippen LogP contribution in [0.4, 0.5) is 5.69 Å². The normalized spacial score (nSPS) is 11.9. The van der Waals surface area contributed by atoms with Crippen LogP contribution < -0.4 is 10.1 Å². The van der Waals surface area contributed by atoms with E-state index in [1.807, 2.05) is 13.0 Å². The Bertz CT molecular complexity index is 395. The molecule has 0 aliphatic rings. The number of ether oxygens (including phenoxy) is 1. The highest BCUT2D eigenvalue weighted by atomic mass is 35.5. The average molecular weight is 258 g/mol. The molecule has 94 valence electrons. The molecule has 0 saturated carbocycles. The first-order chi connectivity index (χ1) is 8.02. The molecule has 0 radical (unpaired) electrons. The van der Waals surface area contributed by atoms with Gasteiger partial charge < -0.3 is 15.2 Å². The molecule has 0 amide bonds. The molecule has 1 rings (SSSR count). The van der Waals surface area contributed by atoms with E-state index in [0.717, 1.165) is 5.69 Å². The van der Waals surface area contributed by atoms with Gasteiger partial charge in [-0.2, -0.15) is 0 Å². The van der Waals surface area contributed by atoms with Crippen LogP contribution in [-0.2, 0) is 4.79 Å². The average Bonchev–Trinajstić information content (AvgIpc) is 2.26. The van der Waals surface area contributed by atoms with Gasteiger partial charge in [-0.15, -0.1) is 0 Å². The summed E-state index contributed by atoms with van der Waals surface area (Å²) >= 11 is 6.04. The predicted octanol–water partition coefficient (Wildman–Crippen LogP) is 2.87. The summed E-state index contributed by atoms with van der Waals surface area (Å²) in [5.41, 5.74) is 0.782. The largest absolute Gasteiger partial charge is 0.497 e. The van der Waals surface area contributed by atoms with Crippen molar-refractivity contribution in [2.75, 3.05) is 19.0 Å². The monoisotopic (exact) mass is 257 g/mol. The van der Waals surface area contributed by atoms with Gasteiger partial charge in [0.1, 0.15) is 5.75 Å². The van der Waals surface area contributed by atoms with Gasteiger partial charge in [0.25, 0.3) is 0 Å². The van der Waals surface area contributed by atoms with Crippen LogP contribution in [0.15, 0.2) is 18.2 Å². The summed E-state index contributed by atoms with van der Waals surface area (Å²) in [6.45, 7) is 2.44. The Balaban J connectivity index is 2.54. The van der Waals surface area contributed by atoms with Crippen molar-refractivity contribution in [1.29, 1.82) is 0 Å². The molecular formula is C12H16ClNO3. The fraction of sp³-hybridized carbons (Fsp3) is 0.417. The van der Waals surface area contributed by atoms with Crippen molar-refractivity contribution in [2.24, 2.45) is 5.92 Å². The van der Waals surface area contributed by atoms with Gasteiger partial charge in [-0.3, -0.25) is 4.79 Å². The number of hydrogen-bond donors (Lipinski definition) is 2. The summed E-state index contributed by atoms with van der Waals surface area (Å²) in [5.74, 6) is -0.0510. The molecule has 0 spiro atoms. The second kappa shape index (κ2) is 6.35. The Labute approximate surface area is 106 Å². The number of carbonyl (C=O) groups is 1. The molecule has 0 aliphatic carbocycles. The minimum Gasteiger partial charge on any atom is -0.497 e. The van der Waals surface area contributed by atoms with Crippen molar-refractivity contribution in [3.8, 4) is 5.75 Å². The number of methoxy groups -OCH3 is 1. The molecule has 0 fully saturated rings. The van der Waals surface area contributed by atoms with E-state index < -0.39 is 5.97 Å². The Kier molecular flexibility index (Phi) is 5.10. The quantitative estimate of drug-likeness (QED) is 0.823. The van der Waals surface area contributed by atoms with E-state index in [0.29, 0.717) is 17.3 Å². The molecule has 4 nitrogen and oxygen atoms in total. The summed E-state index contributed by atoms with van der Waals surface area (Å²) in [6, 6.07) is 5.33. The van der Waals surface area contributed by atoms with Crippen molar-refractivity contribution in [3.05, 3.63) is 23.2 Å². The molecule has 0 aliphatic heterocycles. The lowest BCUT2D eigenvalue weighted by Gasteiger charge is -2.13. The molecule has 2 N–H and O–H groups in total. The Morgan fingerprint density at radius 1 is 1.59 bits per heavy atom. The third-order valence-corrected chi connectivity index (χ3v) is 2.65. The first-order valence-electron chi connectivity index (χ1n) is 5.32. The molecule has 0 bridgehead atoms. The maximum Gasteiger partial charge on any atom is 0.303 e. The first kappa shape index (κ1) is 13.6. The summed E-state index contributed by atoms with van der Waals surface area (Å²) < 4.78 is 5.04. The summed E-state index contributed by atoms with van der Waals surface area (Å²) in [7, 11) is 1.58. The van der Waals surface area contributed by atoms with Crippen LogP contribution in [0.25, 0.3) is 0 Å². The molecule has 1 aromatic rings. The maximum atomic E-state index is 10.5. The van der Waals surface area contributed by atoms with Gasteiger partial charge in [0.05, 0.1) is 17.8 Å². The Morgan fingerprint density at radius 3 is 2.82 bits per heavy atom. The number of carboxylic acid groups (broad SMARTS) is 1. The fourth-order valence-electron chi connectivity index (χ4n) is 1.42. The van der Waals surface area contributed by atoms with E-state index in [2.05, 4.69) is 5.32 Å². The third-order valence-electron chi connectivity index (χ3n) is 2.34. The number of aliphatic carboxylic acids is 1. The summed E-state index contributed by atoms with van der Waals surface area (Å²) in [4.78, 5) is 10.5. The molecule has 0 aromatic heterocycles. The van der Waals surface area contributed by atoms with Crippen molar-refractivity contribution in [3.63, 3.8) is 0 Å².